The van der Waals surface area contributed by atoms with Crippen LogP contribution in [0.5, 0.6) is 0 Å². The van der Waals surface area contributed by atoms with Crippen molar-refractivity contribution in [2.75, 3.05) is 11.9 Å². The average molecular weight is 292 g/mol. The molecule has 1 aliphatic rings. The minimum Gasteiger partial charge on any atom is -0.389 e. The number of anilines is 1. The zero-order chi connectivity index (χ0) is 15.1. The van der Waals surface area contributed by atoms with Gasteiger partial charge in [0, 0.05) is 18.3 Å². The van der Waals surface area contributed by atoms with Crippen LogP contribution in [0.3, 0.4) is 0 Å². The second-order valence-electron chi connectivity index (χ2n) is 6.71. The molecule has 2 rings (SSSR count). The molecule has 1 aromatic rings. The van der Waals surface area contributed by atoms with Crippen LogP contribution in [-0.4, -0.2) is 29.3 Å². The van der Waals surface area contributed by atoms with Crippen LogP contribution in [0.15, 0.2) is 24.3 Å². The largest absolute Gasteiger partial charge is 0.389 e. The topological polar surface area (TPSA) is 38.5 Å². The number of hydrogen-bond acceptors (Lipinski definition) is 3. The standard InChI is InChI=1S/C16H24N2OS/c1-15(2)10-13(16(3,4)19-15)18(5)12-8-6-11(7-9-12)14(17)20/h6-9,13H,10H2,1-5H3,(H2,17,20). The maximum Gasteiger partial charge on any atom is 0.103 e. The molecule has 0 bridgehead atoms. The van der Waals surface area contributed by atoms with E-state index in [4.69, 9.17) is 22.7 Å². The fourth-order valence-electron chi connectivity index (χ4n) is 3.18. The maximum atomic E-state index is 6.17. The van der Waals surface area contributed by atoms with Crippen LogP contribution in [0.4, 0.5) is 5.69 Å². The Morgan fingerprint density at radius 2 is 1.80 bits per heavy atom. The first kappa shape index (κ1) is 15.3. The summed E-state index contributed by atoms with van der Waals surface area (Å²) in [4.78, 5) is 2.72. The number of benzene rings is 1. The molecule has 3 nitrogen and oxygen atoms in total. The third kappa shape index (κ3) is 2.96. The molecule has 20 heavy (non-hydrogen) atoms. The number of thiocarbonyl (C=S) groups is 1. The summed E-state index contributed by atoms with van der Waals surface area (Å²) in [7, 11) is 2.12. The highest BCUT2D eigenvalue weighted by atomic mass is 32.1. The Kier molecular flexibility index (Phi) is 3.82. The summed E-state index contributed by atoms with van der Waals surface area (Å²) in [5.74, 6) is 0. The van der Waals surface area contributed by atoms with Gasteiger partial charge in [0.15, 0.2) is 0 Å². The molecule has 1 heterocycles. The lowest BCUT2D eigenvalue weighted by Crippen LogP contribution is -2.44. The number of hydrogen-bond donors (Lipinski definition) is 1. The second kappa shape index (κ2) is 5.01. The van der Waals surface area contributed by atoms with Gasteiger partial charge < -0.3 is 15.4 Å². The van der Waals surface area contributed by atoms with Gasteiger partial charge in [-0.15, -0.1) is 0 Å². The molecule has 0 radical (unpaired) electrons. The van der Waals surface area contributed by atoms with Crippen molar-refractivity contribution in [3.05, 3.63) is 29.8 Å². The van der Waals surface area contributed by atoms with E-state index in [0.717, 1.165) is 17.7 Å². The number of ether oxygens (including phenoxy) is 1. The first-order valence-corrected chi connectivity index (χ1v) is 7.36. The number of nitrogens with zero attached hydrogens (tertiary/aromatic N) is 1. The van der Waals surface area contributed by atoms with Crippen LogP contribution >= 0.6 is 12.2 Å². The molecule has 1 unspecified atom stereocenters. The predicted molar refractivity (Wildman–Crippen MR) is 88.4 cm³/mol. The van der Waals surface area contributed by atoms with Crippen LogP contribution < -0.4 is 10.6 Å². The average Bonchev–Trinajstić information content (AvgIpc) is 2.56. The quantitative estimate of drug-likeness (QED) is 0.869. The molecule has 0 aromatic heterocycles. The third-order valence-electron chi connectivity index (χ3n) is 4.05. The first-order chi connectivity index (χ1) is 9.12. The molecule has 1 fully saturated rings. The van der Waals surface area contributed by atoms with Crippen LogP contribution in [0.2, 0.25) is 0 Å². The predicted octanol–water partition coefficient (Wildman–Crippen LogP) is 3.10. The molecule has 1 atom stereocenters. The highest BCUT2D eigenvalue weighted by molar-refractivity contribution is 7.80. The van der Waals surface area contributed by atoms with E-state index in [2.05, 4.69) is 51.8 Å². The van der Waals surface area contributed by atoms with Crippen molar-refractivity contribution in [1.29, 1.82) is 0 Å². The number of nitrogens with two attached hydrogens (primary N) is 1. The maximum absolute atomic E-state index is 6.17. The van der Waals surface area contributed by atoms with E-state index in [-0.39, 0.29) is 11.2 Å². The lowest BCUT2D eigenvalue weighted by molar-refractivity contribution is -0.0676. The van der Waals surface area contributed by atoms with Crippen molar-refractivity contribution in [1.82, 2.24) is 0 Å². The van der Waals surface area contributed by atoms with Gasteiger partial charge in [0.1, 0.15) is 4.99 Å². The zero-order valence-corrected chi connectivity index (χ0v) is 13.8. The zero-order valence-electron chi connectivity index (χ0n) is 12.9. The molecule has 1 saturated heterocycles. The van der Waals surface area contributed by atoms with Gasteiger partial charge in [0.05, 0.1) is 17.2 Å². The monoisotopic (exact) mass is 292 g/mol. The normalized spacial score (nSPS) is 23.6. The molecular formula is C16H24N2OS. The Balaban J connectivity index is 2.23. The van der Waals surface area contributed by atoms with E-state index in [1.807, 2.05) is 12.1 Å². The molecule has 1 aromatic carbocycles. The van der Waals surface area contributed by atoms with Crippen LogP contribution in [0, 0.1) is 0 Å². The molecule has 0 amide bonds. The highest BCUT2D eigenvalue weighted by Gasteiger charge is 2.47. The van der Waals surface area contributed by atoms with Gasteiger partial charge in [-0.3, -0.25) is 0 Å². The SMILES string of the molecule is CN(c1ccc(C(N)=S)cc1)C1CC(C)(C)OC1(C)C. The molecule has 0 spiro atoms. The van der Waals surface area contributed by atoms with Crippen LogP contribution in [0.1, 0.15) is 39.7 Å². The van der Waals surface area contributed by atoms with Crippen molar-refractivity contribution in [2.45, 2.75) is 51.4 Å². The first-order valence-electron chi connectivity index (χ1n) is 6.95. The lowest BCUT2D eigenvalue weighted by atomic mass is 9.93. The van der Waals surface area contributed by atoms with E-state index in [1.165, 1.54) is 0 Å². The summed E-state index contributed by atoms with van der Waals surface area (Å²) < 4.78 is 6.17. The molecule has 4 heteroatoms. The van der Waals surface area contributed by atoms with Gasteiger partial charge in [-0.05, 0) is 58.4 Å². The smallest absolute Gasteiger partial charge is 0.103 e. The molecular weight excluding hydrogens is 268 g/mol. The summed E-state index contributed by atoms with van der Waals surface area (Å²) in [6.45, 7) is 8.62. The molecule has 1 aliphatic heterocycles. The molecule has 0 aliphatic carbocycles. The van der Waals surface area contributed by atoms with Gasteiger partial charge >= 0.3 is 0 Å². The number of rotatable bonds is 3. The van der Waals surface area contributed by atoms with Gasteiger partial charge in [-0.2, -0.15) is 0 Å². The van der Waals surface area contributed by atoms with Crippen LogP contribution in [-0.2, 0) is 4.74 Å². The Morgan fingerprint density at radius 1 is 1.25 bits per heavy atom. The van der Waals surface area contributed by atoms with Crippen molar-refractivity contribution < 1.29 is 4.74 Å². The minimum absolute atomic E-state index is 0.0822. The highest BCUT2D eigenvalue weighted by Crippen LogP contribution is 2.41. The van der Waals surface area contributed by atoms with Crippen molar-refractivity contribution in [2.24, 2.45) is 5.73 Å². The van der Waals surface area contributed by atoms with Crippen molar-refractivity contribution in [3.63, 3.8) is 0 Å². The Morgan fingerprint density at radius 3 is 2.20 bits per heavy atom. The summed E-state index contributed by atoms with van der Waals surface area (Å²) >= 11 is 4.99. The molecule has 2 N–H and O–H groups in total. The van der Waals surface area contributed by atoms with Crippen LogP contribution in [0.25, 0.3) is 0 Å². The molecule has 0 saturated carbocycles. The summed E-state index contributed by atoms with van der Waals surface area (Å²) in [5.41, 5.74) is 7.45. The fraction of sp³-hybridized carbons (Fsp3) is 0.562. The minimum atomic E-state index is -0.167. The van der Waals surface area contributed by atoms with E-state index in [0.29, 0.717) is 11.0 Å². The molecule has 110 valence electrons. The van der Waals surface area contributed by atoms with E-state index >= 15 is 0 Å². The number of likely N-dealkylation sites (N-methyl/N-ethyl adjacent to an activating group) is 1. The van der Waals surface area contributed by atoms with Gasteiger partial charge in [-0.25, -0.2) is 0 Å². The van der Waals surface area contributed by atoms with Crippen molar-refractivity contribution in [3.8, 4) is 0 Å². The van der Waals surface area contributed by atoms with Gasteiger partial charge in [0.2, 0.25) is 0 Å². The lowest BCUT2D eigenvalue weighted by Gasteiger charge is -2.35. The van der Waals surface area contributed by atoms with E-state index in [9.17, 15) is 0 Å². The van der Waals surface area contributed by atoms with Gasteiger partial charge in [-0.1, -0.05) is 12.2 Å². The fourth-order valence-corrected chi connectivity index (χ4v) is 3.31. The Hall–Kier alpha value is -1.13. The Bertz CT molecular complexity index is 508. The second-order valence-corrected chi connectivity index (χ2v) is 7.15. The third-order valence-corrected chi connectivity index (χ3v) is 4.29. The summed E-state index contributed by atoms with van der Waals surface area (Å²) in [6, 6.07) is 8.42. The summed E-state index contributed by atoms with van der Waals surface area (Å²) in [5, 5.41) is 0. The van der Waals surface area contributed by atoms with E-state index in [1.54, 1.807) is 0 Å². The van der Waals surface area contributed by atoms with E-state index < -0.39 is 0 Å². The van der Waals surface area contributed by atoms with Gasteiger partial charge in [0.25, 0.3) is 0 Å². The Labute approximate surface area is 127 Å². The summed E-state index contributed by atoms with van der Waals surface area (Å²) in [6.07, 6.45) is 1.01. The van der Waals surface area contributed by atoms with Crippen molar-refractivity contribution >= 4 is 22.9 Å².